The molecule has 1 unspecified atom stereocenters. The maximum atomic E-state index is 10.1. The molecule has 0 aliphatic heterocycles. The number of aliphatic hydroxyl groups is 1. The Morgan fingerprint density at radius 1 is 1.58 bits per heavy atom. The summed E-state index contributed by atoms with van der Waals surface area (Å²) >= 11 is 0. The van der Waals surface area contributed by atoms with Gasteiger partial charge in [-0.3, -0.25) is 0 Å². The number of hydrogen-bond donors (Lipinski definition) is 2. The first-order valence-electron chi connectivity index (χ1n) is 3.94. The summed E-state index contributed by atoms with van der Waals surface area (Å²) in [5.41, 5.74) is 4.57. The Kier molecular flexibility index (Phi) is 4.03. The molecule has 4 nitrogen and oxygen atoms in total. The molecule has 0 aromatic heterocycles. The van der Waals surface area contributed by atoms with Gasteiger partial charge in [0.25, 0.3) is 0 Å². The number of hydrogen-bond acceptors (Lipinski definition) is 3. The van der Waals surface area contributed by atoms with Gasteiger partial charge in [0.2, 0.25) is 0 Å². The molecule has 1 atom stereocenters. The van der Waals surface area contributed by atoms with Crippen LogP contribution in [-0.4, -0.2) is 23.9 Å². The van der Waals surface area contributed by atoms with E-state index in [-0.39, 0.29) is 12.0 Å². The average Bonchev–Trinajstić information content (AvgIpc) is 1.84. The molecular weight excluding hydrogens is 158 g/mol. The van der Waals surface area contributed by atoms with E-state index >= 15 is 0 Å². The SMILES string of the molecule is CC(C)(C)C(O)CCOC(N)=O. The predicted molar refractivity (Wildman–Crippen MR) is 45.6 cm³/mol. The van der Waals surface area contributed by atoms with Gasteiger partial charge in [0.05, 0.1) is 12.7 Å². The monoisotopic (exact) mass is 175 g/mol. The molecule has 0 aliphatic carbocycles. The Morgan fingerprint density at radius 2 is 2.08 bits per heavy atom. The summed E-state index contributed by atoms with van der Waals surface area (Å²) in [4.78, 5) is 10.1. The van der Waals surface area contributed by atoms with E-state index < -0.39 is 12.2 Å². The van der Waals surface area contributed by atoms with Crippen LogP contribution in [0, 0.1) is 5.41 Å². The standard InChI is InChI=1S/C8H17NO3/c1-8(2,3)6(10)4-5-12-7(9)11/h6,10H,4-5H2,1-3H3,(H2,9,11). The molecule has 0 saturated heterocycles. The molecule has 4 heteroatoms. The highest BCUT2D eigenvalue weighted by molar-refractivity contribution is 5.64. The Balaban J connectivity index is 3.58. The number of rotatable bonds is 3. The van der Waals surface area contributed by atoms with Crippen LogP contribution in [0.3, 0.4) is 0 Å². The van der Waals surface area contributed by atoms with Gasteiger partial charge in [-0.1, -0.05) is 20.8 Å². The third-order valence-corrected chi connectivity index (χ3v) is 1.64. The zero-order valence-electron chi connectivity index (χ0n) is 7.83. The number of primary amides is 1. The van der Waals surface area contributed by atoms with Crippen LogP contribution in [0.5, 0.6) is 0 Å². The van der Waals surface area contributed by atoms with E-state index in [1.807, 2.05) is 20.8 Å². The molecule has 72 valence electrons. The van der Waals surface area contributed by atoms with Crippen molar-refractivity contribution in [1.29, 1.82) is 0 Å². The second kappa shape index (κ2) is 4.30. The van der Waals surface area contributed by atoms with Crippen LogP contribution in [0.4, 0.5) is 4.79 Å². The first-order chi connectivity index (χ1) is 5.34. The Bertz CT molecular complexity index is 151. The summed E-state index contributed by atoms with van der Waals surface area (Å²) in [6, 6.07) is 0. The summed E-state index contributed by atoms with van der Waals surface area (Å²) in [5.74, 6) is 0. The molecular formula is C8H17NO3. The van der Waals surface area contributed by atoms with Crippen molar-refractivity contribution in [3.63, 3.8) is 0 Å². The topological polar surface area (TPSA) is 72.6 Å². The van der Waals surface area contributed by atoms with Gasteiger partial charge in [-0.25, -0.2) is 4.79 Å². The average molecular weight is 175 g/mol. The van der Waals surface area contributed by atoms with E-state index in [2.05, 4.69) is 4.74 Å². The van der Waals surface area contributed by atoms with E-state index in [0.717, 1.165) is 0 Å². The molecule has 0 saturated carbocycles. The van der Waals surface area contributed by atoms with Crippen molar-refractivity contribution in [2.24, 2.45) is 11.1 Å². The number of aliphatic hydroxyl groups excluding tert-OH is 1. The number of carbonyl (C=O) groups is 1. The highest BCUT2D eigenvalue weighted by Gasteiger charge is 2.21. The molecule has 0 aromatic carbocycles. The van der Waals surface area contributed by atoms with Crippen molar-refractivity contribution in [2.45, 2.75) is 33.3 Å². The second-order valence-electron chi connectivity index (χ2n) is 3.84. The van der Waals surface area contributed by atoms with Crippen LogP contribution in [0.1, 0.15) is 27.2 Å². The molecule has 0 aromatic rings. The minimum absolute atomic E-state index is 0.174. The second-order valence-corrected chi connectivity index (χ2v) is 3.84. The van der Waals surface area contributed by atoms with Gasteiger partial charge in [0.1, 0.15) is 0 Å². The predicted octanol–water partition coefficient (Wildman–Crippen LogP) is 0.879. The molecule has 3 N–H and O–H groups in total. The molecule has 0 radical (unpaired) electrons. The molecule has 0 fully saturated rings. The fourth-order valence-electron chi connectivity index (χ4n) is 0.704. The van der Waals surface area contributed by atoms with E-state index in [9.17, 15) is 9.90 Å². The van der Waals surface area contributed by atoms with E-state index in [1.54, 1.807) is 0 Å². The summed E-state index contributed by atoms with van der Waals surface area (Å²) in [6.45, 7) is 5.93. The normalized spacial score (nSPS) is 14.0. The molecule has 0 bridgehead atoms. The van der Waals surface area contributed by atoms with Gasteiger partial charge >= 0.3 is 6.09 Å². The van der Waals surface area contributed by atoms with Crippen molar-refractivity contribution < 1.29 is 14.6 Å². The van der Waals surface area contributed by atoms with Crippen molar-refractivity contribution in [3.8, 4) is 0 Å². The zero-order valence-corrected chi connectivity index (χ0v) is 7.83. The Labute approximate surface area is 72.7 Å². The molecule has 12 heavy (non-hydrogen) atoms. The lowest BCUT2D eigenvalue weighted by Gasteiger charge is -2.25. The third kappa shape index (κ3) is 4.96. The zero-order chi connectivity index (χ0) is 9.78. The lowest BCUT2D eigenvalue weighted by atomic mass is 9.87. The van der Waals surface area contributed by atoms with Crippen molar-refractivity contribution in [1.82, 2.24) is 0 Å². The summed E-state index contributed by atoms with van der Waals surface area (Å²) in [7, 11) is 0. The van der Waals surface area contributed by atoms with Crippen LogP contribution in [-0.2, 0) is 4.74 Å². The van der Waals surface area contributed by atoms with Crippen LogP contribution >= 0.6 is 0 Å². The fourth-order valence-corrected chi connectivity index (χ4v) is 0.704. The summed E-state index contributed by atoms with van der Waals surface area (Å²) in [5, 5.41) is 9.47. The maximum absolute atomic E-state index is 10.1. The van der Waals surface area contributed by atoms with Crippen LogP contribution in [0.15, 0.2) is 0 Å². The van der Waals surface area contributed by atoms with Crippen molar-refractivity contribution in [3.05, 3.63) is 0 Å². The maximum Gasteiger partial charge on any atom is 0.404 e. The highest BCUT2D eigenvalue weighted by atomic mass is 16.5. The van der Waals surface area contributed by atoms with Gasteiger partial charge in [0.15, 0.2) is 0 Å². The summed E-state index contributed by atoms with van der Waals surface area (Å²) in [6.07, 6.45) is -0.847. The molecule has 1 amide bonds. The molecule has 0 heterocycles. The molecule has 0 rings (SSSR count). The summed E-state index contributed by atoms with van der Waals surface area (Å²) < 4.78 is 4.49. The van der Waals surface area contributed by atoms with E-state index in [1.165, 1.54) is 0 Å². The lowest BCUT2D eigenvalue weighted by molar-refractivity contribution is 0.0366. The van der Waals surface area contributed by atoms with Crippen LogP contribution in [0.25, 0.3) is 0 Å². The van der Waals surface area contributed by atoms with Crippen LogP contribution < -0.4 is 5.73 Å². The number of ether oxygens (including phenoxy) is 1. The lowest BCUT2D eigenvalue weighted by Crippen LogP contribution is -2.28. The Morgan fingerprint density at radius 3 is 2.42 bits per heavy atom. The first-order valence-corrected chi connectivity index (χ1v) is 3.94. The fraction of sp³-hybridized carbons (Fsp3) is 0.875. The van der Waals surface area contributed by atoms with Gasteiger partial charge < -0.3 is 15.6 Å². The molecule has 0 spiro atoms. The van der Waals surface area contributed by atoms with Crippen LogP contribution in [0.2, 0.25) is 0 Å². The largest absolute Gasteiger partial charge is 0.450 e. The number of amides is 1. The van der Waals surface area contributed by atoms with Gasteiger partial charge in [-0.15, -0.1) is 0 Å². The van der Waals surface area contributed by atoms with Gasteiger partial charge in [0, 0.05) is 6.42 Å². The molecule has 0 aliphatic rings. The minimum atomic E-state index is -0.795. The minimum Gasteiger partial charge on any atom is -0.450 e. The van der Waals surface area contributed by atoms with Crippen molar-refractivity contribution >= 4 is 6.09 Å². The quantitative estimate of drug-likeness (QED) is 0.668. The van der Waals surface area contributed by atoms with Crippen molar-refractivity contribution in [2.75, 3.05) is 6.61 Å². The smallest absolute Gasteiger partial charge is 0.404 e. The van der Waals surface area contributed by atoms with E-state index in [4.69, 9.17) is 5.73 Å². The third-order valence-electron chi connectivity index (χ3n) is 1.64. The number of carbonyl (C=O) groups excluding carboxylic acids is 1. The number of nitrogens with two attached hydrogens (primary N) is 1. The Hall–Kier alpha value is -0.770. The van der Waals surface area contributed by atoms with E-state index in [0.29, 0.717) is 6.42 Å². The first kappa shape index (κ1) is 11.2. The highest BCUT2D eigenvalue weighted by Crippen LogP contribution is 2.21. The van der Waals surface area contributed by atoms with Gasteiger partial charge in [-0.05, 0) is 5.41 Å². The van der Waals surface area contributed by atoms with Gasteiger partial charge in [-0.2, -0.15) is 0 Å².